The Morgan fingerprint density at radius 1 is 1.03 bits per heavy atom. The van der Waals surface area contributed by atoms with Gasteiger partial charge >= 0.3 is 0 Å². The number of benzene rings is 2. The summed E-state index contributed by atoms with van der Waals surface area (Å²) in [4.78, 5) is 13.7. The van der Waals surface area contributed by atoms with E-state index < -0.39 is 21.7 Å². The molecule has 0 unspecified atom stereocenters. The van der Waals surface area contributed by atoms with Crippen LogP contribution in [0.25, 0.3) is 6.08 Å². The van der Waals surface area contributed by atoms with Crippen molar-refractivity contribution in [1.82, 2.24) is 9.21 Å². The molecule has 0 bridgehead atoms. The molecule has 0 atom stereocenters. The third-order valence-electron chi connectivity index (χ3n) is 4.95. The maximum absolute atomic E-state index is 13.4. The summed E-state index contributed by atoms with van der Waals surface area (Å²) in [6, 6.07) is 5.79. The highest BCUT2D eigenvalue weighted by Crippen LogP contribution is 2.40. The summed E-state index contributed by atoms with van der Waals surface area (Å²) in [6.45, 7) is 0.481. The normalized spacial score (nSPS) is 16.8. The van der Waals surface area contributed by atoms with Crippen molar-refractivity contribution >= 4 is 33.6 Å². The fourth-order valence-corrected chi connectivity index (χ4v) is 5.00. The number of hydrogen-bond acceptors (Lipinski definition) is 5. The summed E-state index contributed by atoms with van der Waals surface area (Å²) >= 11 is 6.13. The highest BCUT2D eigenvalue weighted by Gasteiger charge is 2.30. The average Bonchev–Trinajstić information content (AvgIpc) is 3.23. The van der Waals surface area contributed by atoms with E-state index in [1.807, 2.05) is 0 Å². The number of fused-ring (bicyclic) bond motifs is 1. The molecule has 0 saturated carbocycles. The van der Waals surface area contributed by atoms with Crippen molar-refractivity contribution < 1.29 is 31.5 Å². The number of amides is 1. The Balaban J connectivity index is 1.39. The van der Waals surface area contributed by atoms with Crippen LogP contribution in [0.2, 0.25) is 5.02 Å². The predicted molar refractivity (Wildman–Crippen MR) is 108 cm³/mol. The quantitative estimate of drug-likeness (QED) is 0.642. The van der Waals surface area contributed by atoms with Crippen LogP contribution < -0.4 is 9.47 Å². The first kappa shape index (κ1) is 21.5. The summed E-state index contributed by atoms with van der Waals surface area (Å²) in [5, 5.41) is 0.373. The molecule has 0 N–H and O–H groups in total. The molecule has 2 aromatic rings. The predicted octanol–water partition coefficient (Wildman–Crippen LogP) is 2.89. The van der Waals surface area contributed by atoms with E-state index in [1.165, 1.54) is 11.0 Å². The summed E-state index contributed by atoms with van der Waals surface area (Å²) in [6.07, 6.45) is 2.95. The molecule has 2 aliphatic heterocycles. The second-order valence-electron chi connectivity index (χ2n) is 6.88. The van der Waals surface area contributed by atoms with Gasteiger partial charge in [-0.3, -0.25) is 4.79 Å². The van der Waals surface area contributed by atoms with Gasteiger partial charge in [0, 0.05) is 32.3 Å². The van der Waals surface area contributed by atoms with Crippen molar-refractivity contribution in [3.63, 3.8) is 0 Å². The number of nitrogens with zero attached hydrogens (tertiary/aromatic N) is 2. The summed E-state index contributed by atoms with van der Waals surface area (Å²) in [5.41, 5.74) is 0.655. The van der Waals surface area contributed by atoms with E-state index >= 15 is 0 Å². The van der Waals surface area contributed by atoms with Crippen LogP contribution in [0, 0.1) is 11.6 Å². The molecule has 31 heavy (non-hydrogen) atoms. The molecule has 1 saturated heterocycles. The summed E-state index contributed by atoms with van der Waals surface area (Å²) in [7, 11) is -3.99. The number of carbonyl (C=O) groups excluding carboxylic acids is 1. The molecule has 2 heterocycles. The molecule has 2 aliphatic rings. The number of hydrogen-bond donors (Lipinski definition) is 0. The van der Waals surface area contributed by atoms with E-state index in [0.29, 0.717) is 28.2 Å². The molecule has 1 fully saturated rings. The lowest BCUT2D eigenvalue weighted by molar-refractivity contribution is -0.127. The number of piperazine rings is 1. The van der Waals surface area contributed by atoms with Gasteiger partial charge in [0.2, 0.25) is 22.7 Å². The van der Waals surface area contributed by atoms with E-state index in [9.17, 15) is 22.0 Å². The van der Waals surface area contributed by atoms with Crippen LogP contribution in [-0.4, -0.2) is 56.5 Å². The topological polar surface area (TPSA) is 76.2 Å². The first-order chi connectivity index (χ1) is 14.8. The number of carbonyl (C=O) groups is 1. The maximum atomic E-state index is 13.4. The van der Waals surface area contributed by atoms with Crippen molar-refractivity contribution in [1.29, 1.82) is 0 Å². The van der Waals surface area contributed by atoms with Crippen LogP contribution in [0.3, 0.4) is 0 Å². The Morgan fingerprint density at radius 2 is 1.77 bits per heavy atom. The number of sulfonamides is 1. The minimum atomic E-state index is -3.99. The fraction of sp³-hybridized carbons (Fsp3) is 0.250. The van der Waals surface area contributed by atoms with Gasteiger partial charge in [0.05, 0.1) is 9.92 Å². The minimum absolute atomic E-state index is 0.0385. The van der Waals surface area contributed by atoms with Crippen LogP contribution in [0.15, 0.2) is 41.3 Å². The minimum Gasteiger partial charge on any atom is -0.454 e. The van der Waals surface area contributed by atoms with Crippen LogP contribution in [0.4, 0.5) is 8.78 Å². The van der Waals surface area contributed by atoms with Gasteiger partial charge in [-0.2, -0.15) is 4.31 Å². The van der Waals surface area contributed by atoms with Gasteiger partial charge in [-0.05, 0) is 42.0 Å². The highest BCUT2D eigenvalue weighted by molar-refractivity contribution is 7.89. The SMILES string of the molecule is O=C(/C=C/c1cc(Cl)c2c(c1)OCO2)N1CCN(S(=O)(=O)c2ccc(F)c(F)c2)CC1. The molecule has 0 aromatic heterocycles. The summed E-state index contributed by atoms with van der Waals surface area (Å²) in [5.74, 6) is -1.69. The molecule has 7 nitrogen and oxygen atoms in total. The largest absolute Gasteiger partial charge is 0.454 e. The standard InChI is InChI=1S/C20H17ClF2N2O5S/c21-15-9-13(10-18-20(15)30-12-29-18)1-4-19(26)24-5-7-25(8-6-24)31(27,28)14-2-3-16(22)17(23)11-14/h1-4,9-11H,5-8,12H2/b4-1+. The zero-order chi connectivity index (χ0) is 22.2. The summed E-state index contributed by atoms with van der Waals surface area (Å²) < 4.78 is 63.5. The van der Waals surface area contributed by atoms with Crippen LogP contribution in [0.5, 0.6) is 11.5 Å². The molecule has 164 valence electrons. The molecule has 0 radical (unpaired) electrons. The first-order valence-electron chi connectivity index (χ1n) is 9.27. The third kappa shape index (κ3) is 4.36. The van der Waals surface area contributed by atoms with E-state index in [1.54, 1.807) is 18.2 Å². The van der Waals surface area contributed by atoms with Crippen molar-refractivity contribution in [3.8, 4) is 11.5 Å². The zero-order valence-electron chi connectivity index (χ0n) is 16.1. The molecule has 2 aromatic carbocycles. The Kier molecular flexibility index (Phi) is 5.87. The number of halogens is 3. The Morgan fingerprint density at radius 3 is 2.48 bits per heavy atom. The van der Waals surface area contributed by atoms with Crippen LogP contribution in [0.1, 0.15) is 5.56 Å². The lowest BCUT2D eigenvalue weighted by Gasteiger charge is -2.33. The van der Waals surface area contributed by atoms with Gasteiger partial charge in [-0.25, -0.2) is 17.2 Å². The van der Waals surface area contributed by atoms with Crippen LogP contribution >= 0.6 is 11.6 Å². The maximum Gasteiger partial charge on any atom is 0.246 e. The smallest absolute Gasteiger partial charge is 0.246 e. The van der Waals surface area contributed by atoms with Gasteiger partial charge in [-0.1, -0.05) is 11.6 Å². The zero-order valence-corrected chi connectivity index (χ0v) is 17.6. The van der Waals surface area contributed by atoms with E-state index in [0.717, 1.165) is 16.4 Å². The molecular weight excluding hydrogens is 454 g/mol. The molecule has 1 amide bonds. The van der Waals surface area contributed by atoms with Crippen molar-refractivity contribution in [3.05, 3.63) is 58.6 Å². The van der Waals surface area contributed by atoms with Crippen LogP contribution in [-0.2, 0) is 14.8 Å². The third-order valence-corrected chi connectivity index (χ3v) is 7.12. The van der Waals surface area contributed by atoms with Gasteiger partial charge in [-0.15, -0.1) is 0 Å². The average molecular weight is 471 g/mol. The van der Waals surface area contributed by atoms with E-state index in [2.05, 4.69) is 0 Å². The molecule has 0 spiro atoms. The number of ether oxygens (including phenoxy) is 2. The molecule has 11 heteroatoms. The van der Waals surface area contributed by atoms with Gasteiger partial charge in [0.15, 0.2) is 23.1 Å². The second-order valence-corrected chi connectivity index (χ2v) is 9.22. The van der Waals surface area contributed by atoms with Gasteiger partial charge in [0.25, 0.3) is 0 Å². The van der Waals surface area contributed by atoms with E-state index in [-0.39, 0.29) is 43.8 Å². The lowest BCUT2D eigenvalue weighted by atomic mass is 10.2. The Hall–Kier alpha value is -2.69. The molecular formula is C20H17ClF2N2O5S. The van der Waals surface area contributed by atoms with Gasteiger partial charge in [0.1, 0.15) is 0 Å². The molecule has 0 aliphatic carbocycles. The molecule has 4 rings (SSSR count). The van der Waals surface area contributed by atoms with Crippen molar-refractivity contribution in [2.24, 2.45) is 0 Å². The monoisotopic (exact) mass is 470 g/mol. The lowest BCUT2D eigenvalue weighted by Crippen LogP contribution is -2.50. The van der Waals surface area contributed by atoms with Gasteiger partial charge < -0.3 is 14.4 Å². The van der Waals surface area contributed by atoms with Crippen molar-refractivity contribution in [2.75, 3.05) is 33.0 Å². The van der Waals surface area contributed by atoms with E-state index in [4.69, 9.17) is 21.1 Å². The van der Waals surface area contributed by atoms with Crippen molar-refractivity contribution in [2.45, 2.75) is 4.90 Å². The highest BCUT2D eigenvalue weighted by atomic mass is 35.5. The fourth-order valence-electron chi connectivity index (χ4n) is 3.29. The Bertz CT molecular complexity index is 1160. The first-order valence-corrected chi connectivity index (χ1v) is 11.1. The second kappa shape index (κ2) is 8.45. The number of rotatable bonds is 4. The Labute approximate surface area is 182 Å².